The van der Waals surface area contributed by atoms with Crippen molar-refractivity contribution in [3.63, 3.8) is 0 Å². The largest absolute Gasteiger partial charge is 0.491 e. The molecule has 6 nitrogen and oxygen atoms in total. The van der Waals surface area contributed by atoms with Crippen molar-refractivity contribution < 1.29 is 27.4 Å². The average molecular weight is 417 g/mol. The molecular formula is C16H19BrNO5S+. The summed E-state index contributed by atoms with van der Waals surface area (Å²) in [6.45, 7) is 0.522. The molecule has 1 heterocycles. The number of benzene rings is 1. The van der Waals surface area contributed by atoms with E-state index in [0.717, 1.165) is 10.0 Å². The molecule has 0 radical (unpaired) electrons. The SMILES string of the molecule is O=S(=O)(O)CCc1cc[n+](C[C@@H](O)COc2ccc(Br)cc2)cc1. The molecule has 130 valence electrons. The maximum Gasteiger partial charge on any atom is 0.265 e. The molecule has 0 aliphatic heterocycles. The second-order valence-electron chi connectivity index (χ2n) is 5.36. The van der Waals surface area contributed by atoms with Gasteiger partial charge in [0.1, 0.15) is 18.5 Å². The van der Waals surface area contributed by atoms with E-state index in [2.05, 4.69) is 15.9 Å². The lowest BCUT2D eigenvalue weighted by molar-refractivity contribution is -0.703. The zero-order chi connectivity index (χ0) is 17.6. The molecule has 2 aromatic rings. The number of pyridine rings is 1. The van der Waals surface area contributed by atoms with Crippen LogP contribution in [0.3, 0.4) is 0 Å². The molecule has 8 heteroatoms. The van der Waals surface area contributed by atoms with Crippen LogP contribution in [0, 0.1) is 0 Å². The first-order chi connectivity index (χ1) is 11.3. The standard InChI is InChI=1S/C16H18BrNO5S/c17-14-1-3-16(4-2-14)23-12-15(19)11-18-8-5-13(6-9-18)7-10-24(20,21)22/h1-6,8-9,15,19H,7,10-12H2/p+1/t15-/m1/s1. The fourth-order valence-electron chi connectivity index (χ4n) is 2.04. The molecule has 2 N–H and O–H groups in total. The summed E-state index contributed by atoms with van der Waals surface area (Å²) in [6.07, 6.45) is 3.07. The van der Waals surface area contributed by atoms with Gasteiger partial charge >= 0.3 is 0 Å². The third-order valence-electron chi connectivity index (χ3n) is 3.29. The summed E-state index contributed by atoms with van der Waals surface area (Å²) in [5, 5.41) is 10.0. The van der Waals surface area contributed by atoms with Crippen LogP contribution in [0.5, 0.6) is 5.75 Å². The Balaban J connectivity index is 1.81. The van der Waals surface area contributed by atoms with Crippen molar-refractivity contribution >= 4 is 26.0 Å². The Labute approximate surface area is 149 Å². The normalized spacial score (nSPS) is 12.8. The quantitative estimate of drug-likeness (QED) is 0.504. The summed E-state index contributed by atoms with van der Waals surface area (Å²) in [4.78, 5) is 0. The van der Waals surface area contributed by atoms with Crippen molar-refractivity contribution in [2.75, 3.05) is 12.4 Å². The number of hydrogen-bond donors (Lipinski definition) is 2. The van der Waals surface area contributed by atoms with Crippen molar-refractivity contribution in [2.24, 2.45) is 0 Å². The first kappa shape index (κ1) is 18.9. The topological polar surface area (TPSA) is 87.7 Å². The van der Waals surface area contributed by atoms with Crippen LogP contribution >= 0.6 is 15.9 Å². The number of aryl methyl sites for hydroxylation is 1. The van der Waals surface area contributed by atoms with Gasteiger partial charge in [0.05, 0.1) is 5.75 Å². The molecule has 0 spiro atoms. The van der Waals surface area contributed by atoms with Gasteiger partial charge in [0.15, 0.2) is 18.9 Å². The molecule has 1 aromatic carbocycles. The van der Waals surface area contributed by atoms with Crippen LogP contribution in [0.2, 0.25) is 0 Å². The van der Waals surface area contributed by atoms with Gasteiger partial charge in [-0.2, -0.15) is 8.42 Å². The number of nitrogens with zero attached hydrogens (tertiary/aromatic N) is 1. The maximum absolute atomic E-state index is 10.7. The molecule has 1 atom stereocenters. The van der Waals surface area contributed by atoms with E-state index >= 15 is 0 Å². The highest BCUT2D eigenvalue weighted by molar-refractivity contribution is 9.10. The van der Waals surface area contributed by atoms with Crippen LogP contribution in [-0.2, 0) is 23.1 Å². The molecule has 24 heavy (non-hydrogen) atoms. The minimum Gasteiger partial charge on any atom is -0.491 e. The minimum atomic E-state index is -3.95. The fourth-order valence-corrected chi connectivity index (χ4v) is 2.80. The van der Waals surface area contributed by atoms with E-state index in [9.17, 15) is 13.5 Å². The lowest BCUT2D eigenvalue weighted by Crippen LogP contribution is -2.41. The lowest BCUT2D eigenvalue weighted by Gasteiger charge is -2.10. The molecule has 0 bridgehead atoms. The van der Waals surface area contributed by atoms with Crippen LogP contribution in [0.15, 0.2) is 53.3 Å². The Kier molecular flexibility index (Phi) is 6.73. The number of aromatic nitrogens is 1. The van der Waals surface area contributed by atoms with Crippen molar-refractivity contribution in [3.8, 4) is 5.75 Å². The van der Waals surface area contributed by atoms with E-state index in [1.54, 1.807) is 29.1 Å². The van der Waals surface area contributed by atoms with Crippen LogP contribution in [0.4, 0.5) is 0 Å². The third-order valence-corrected chi connectivity index (χ3v) is 4.54. The molecule has 0 unspecified atom stereocenters. The zero-order valence-electron chi connectivity index (χ0n) is 12.9. The fraction of sp³-hybridized carbons (Fsp3) is 0.312. The van der Waals surface area contributed by atoms with Gasteiger partial charge in [0.25, 0.3) is 10.1 Å². The van der Waals surface area contributed by atoms with Crippen LogP contribution in [0.25, 0.3) is 0 Å². The number of halogens is 1. The number of ether oxygens (including phenoxy) is 1. The van der Waals surface area contributed by atoms with Gasteiger partial charge in [-0.25, -0.2) is 4.57 Å². The summed E-state index contributed by atoms with van der Waals surface area (Å²) in [7, 11) is -3.95. The van der Waals surface area contributed by atoms with Gasteiger partial charge in [0, 0.05) is 16.6 Å². The van der Waals surface area contributed by atoms with E-state index in [4.69, 9.17) is 9.29 Å². The second-order valence-corrected chi connectivity index (χ2v) is 7.85. The lowest BCUT2D eigenvalue weighted by atomic mass is 10.2. The highest BCUT2D eigenvalue weighted by atomic mass is 79.9. The van der Waals surface area contributed by atoms with E-state index in [0.29, 0.717) is 12.3 Å². The predicted octanol–water partition coefficient (Wildman–Crippen LogP) is 1.61. The number of aliphatic hydroxyl groups is 1. The van der Waals surface area contributed by atoms with E-state index in [1.165, 1.54) is 0 Å². The molecule has 0 fully saturated rings. The van der Waals surface area contributed by atoms with E-state index < -0.39 is 16.2 Å². The van der Waals surface area contributed by atoms with E-state index in [-0.39, 0.29) is 18.8 Å². The highest BCUT2D eigenvalue weighted by Crippen LogP contribution is 2.16. The molecule has 1 aromatic heterocycles. The smallest absolute Gasteiger partial charge is 0.265 e. The summed E-state index contributed by atoms with van der Waals surface area (Å²) in [6, 6.07) is 10.9. The Morgan fingerprint density at radius 1 is 1.12 bits per heavy atom. The monoisotopic (exact) mass is 416 g/mol. The molecular weight excluding hydrogens is 398 g/mol. The number of aliphatic hydroxyl groups excluding tert-OH is 1. The van der Waals surface area contributed by atoms with Gasteiger partial charge in [0.2, 0.25) is 0 Å². The van der Waals surface area contributed by atoms with Crippen LogP contribution < -0.4 is 9.30 Å². The molecule has 0 aliphatic rings. The Hall–Kier alpha value is -1.48. The Morgan fingerprint density at radius 2 is 1.75 bits per heavy atom. The van der Waals surface area contributed by atoms with Crippen molar-refractivity contribution in [1.82, 2.24) is 0 Å². The summed E-state index contributed by atoms with van der Waals surface area (Å²) < 4.78 is 38.4. The van der Waals surface area contributed by atoms with Gasteiger partial charge < -0.3 is 9.84 Å². The van der Waals surface area contributed by atoms with Gasteiger partial charge in [-0.15, -0.1) is 0 Å². The maximum atomic E-state index is 10.7. The Morgan fingerprint density at radius 3 is 2.33 bits per heavy atom. The predicted molar refractivity (Wildman–Crippen MR) is 92.4 cm³/mol. The molecule has 0 saturated heterocycles. The zero-order valence-corrected chi connectivity index (χ0v) is 15.3. The van der Waals surface area contributed by atoms with Crippen LogP contribution in [-0.4, -0.2) is 36.5 Å². The summed E-state index contributed by atoms with van der Waals surface area (Å²) in [5.41, 5.74) is 0.796. The highest BCUT2D eigenvalue weighted by Gasteiger charge is 2.12. The third kappa shape index (κ3) is 6.96. The molecule has 0 saturated carbocycles. The van der Waals surface area contributed by atoms with Crippen molar-refractivity contribution in [2.45, 2.75) is 19.1 Å². The van der Waals surface area contributed by atoms with Gasteiger partial charge in [-0.05, 0) is 36.2 Å². The van der Waals surface area contributed by atoms with Crippen LogP contribution in [0.1, 0.15) is 5.56 Å². The summed E-state index contributed by atoms with van der Waals surface area (Å²) >= 11 is 3.34. The first-order valence-electron chi connectivity index (χ1n) is 7.31. The summed E-state index contributed by atoms with van der Waals surface area (Å²) in [5.74, 6) is 0.378. The molecule has 2 rings (SSSR count). The first-order valence-corrected chi connectivity index (χ1v) is 9.71. The van der Waals surface area contributed by atoms with Crippen molar-refractivity contribution in [1.29, 1.82) is 0 Å². The number of hydrogen-bond acceptors (Lipinski definition) is 4. The number of rotatable bonds is 8. The minimum absolute atomic E-state index is 0.166. The second kappa shape index (κ2) is 8.57. The van der Waals surface area contributed by atoms with Gasteiger partial charge in [-0.1, -0.05) is 15.9 Å². The van der Waals surface area contributed by atoms with E-state index in [1.807, 2.05) is 24.3 Å². The molecule has 0 aliphatic carbocycles. The van der Waals surface area contributed by atoms with Gasteiger partial charge in [-0.3, -0.25) is 4.55 Å². The average Bonchev–Trinajstić information content (AvgIpc) is 2.53. The molecule has 0 amide bonds. The Bertz CT molecular complexity index is 747. The van der Waals surface area contributed by atoms with Crippen molar-refractivity contribution in [3.05, 3.63) is 58.8 Å².